The Morgan fingerprint density at radius 1 is 1.31 bits per heavy atom. The maximum Gasteiger partial charge on any atom is 0.148 e. The maximum atomic E-state index is 13.7. The Bertz CT molecular complexity index is 357. The summed E-state index contributed by atoms with van der Waals surface area (Å²) in [5.74, 6) is -0.340. The standard InChI is InChI=1S/C11H14Cl2FN.ClH/c1-3-6(2)11(15)9-7(12)4-5-8(13)10(9)14;/h4-6,11H,3,15H2,1-2H3;1H/t6?,11-;/m0./s1. The van der Waals surface area contributed by atoms with Crippen molar-refractivity contribution in [1.29, 1.82) is 0 Å². The van der Waals surface area contributed by atoms with Gasteiger partial charge in [0.05, 0.1) is 5.02 Å². The molecule has 0 aliphatic carbocycles. The molecule has 1 aromatic rings. The Hall–Kier alpha value is -0.0200. The van der Waals surface area contributed by atoms with Crippen LogP contribution in [0.4, 0.5) is 4.39 Å². The van der Waals surface area contributed by atoms with Crippen molar-refractivity contribution in [3.63, 3.8) is 0 Å². The Balaban J connectivity index is 0.00000225. The molecule has 16 heavy (non-hydrogen) atoms. The summed E-state index contributed by atoms with van der Waals surface area (Å²) in [6.07, 6.45) is 0.865. The van der Waals surface area contributed by atoms with Gasteiger partial charge in [-0.05, 0) is 18.1 Å². The number of benzene rings is 1. The quantitative estimate of drug-likeness (QED) is 0.807. The van der Waals surface area contributed by atoms with Crippen molar-refractivity contribution in [2.24, 2.45) is 11.7 Å². The van der Waals surface area contributed by atoms with Gasteiger partial charge in [-0.3, -0.25) is 0 Å². The van der Waals surface area contributed by atoms with Gasteiger partial charge in [0, 0.05) is 16.6 Å². The first-order valence-electron chi connectivity index (χ1n) is 4.88. The summed E-state index contributed by atoms with van der Waals surface area (Å²) in [6.45, 7) is 3.96. The zero-order valence-electron chi connectivity index (χ0n) is 9.14. The average molecular weight is 287 g/mol. The zero-order chi connectivity index (χ0) is 11.6. The fourth-order valence-electron chi connectivity index (χ4n) is 1.39. The Morgan fingerprint density at radius 2 is 1.81 bits per heavy atom. The first-order chi connectivity index (χ1) is 6.99. The highest BCUT2D eigenvalue weighted by molar-refractivity contribution is 6.33. The van der Waals surface area contributed by atoms with Crippen LogP contribution in [0.5, 0.6) is 0 Å². The van der Waals surface area contributed by atoms with E-state index in [-0.39, 0.29) is 23.3 Å². The van der Waals surface area contributed by atoms with E-state index in [2.05, 4.69) is 0 Å². The third kappa shape index (κ3) is 3.24. The van der Waals surface area contributed by atoms with Gasteiger partial charge in [0.25, 0.3) is 0 Å². The Labute approximate surface area is 112 Å². The SMILES string of the molecule is CCC(C)[C@H](N)c1c(Cl)ccc(Cl)c1F.Cl. The first kappa shape index (κ1) is 16.0. The molecule has 0 heterocycles. The van der Waals surface area contributed by atoms with Gasteiger partial charge >= 0.3 is 0 Å². The summed E-state index contributed by atoms with van der Waals surface area (Å²) in [5.41, 5.74) is 6.25. The minimum absolute atomic E-state index is 0. The van der Waals surface area contributed by atoms with Gasteiger partial charge in [0.15, 0.2) is 0 Å². The second kappa shape index (κ2) is 6.65. The fraction of sp³-hybridized carbons (Fsp3) is 0.455. The molecule has 0 fully saturated rings. The van der Waals surface area contributed by atoms with Crippen molar-refractivity contribution in [2.75, 3.05) is 0 Å². The molecule has 0 saturated carbocycles. The Kier molecular flexibility index (Phi) is 6.64. The highest BCUT2D eigenvalue weighted by atomic mass is 35.5. The number of hydrogen-bond donors (Lipinski definition) is 1. The van der Waals surface area contributed by atoms with Crippen LogP contribution in [0.25, 0.3) is 0 Å². The van der Waals surface area contributed by atoms with Crippen LogP contribution in [0.2, 0.25) is 10.0 Å². The molecule has 1 aromatic carbocycles. The molecule has 92 valence electrons. The summed E-state index contributed by atoms with van der Waals surface area (Å²) >= 11 is 11.6. The van der Waals surface area contributed by atoms with Gasteiger partial charge < -0.3 is 5.73 Å². The lowest BCUT2D eigenvalue weighted by atomic mass is 9.93. The second-order valence-corrected chi connectivity index (χ2v) is 4.48. The predicted octanol–water partition coefficient (Wildman–Crippen LogP) is 4.60. The molecule has 1 rings (SSSR count). The van der Waals surface area contributed by atoms with E-state index in [1.165, 1.54) is 6.07 Å². The summed E-state index contributed by atoms with van der Waals surface area (Å²) < 4.78 is 13.7. The normalized spacial score (nSPS) is 14.1. The van der Waals surface area contributed by atoms with Crippen LogP contribution in [0.1, 0.15) is 31.9 Å². The van der Waals surface area contributed by atoms with Crippen LogP contribution in [-0.2, 0) is 0 Å². The van der Waals surface area contributed by atoms with E-state index in [0.717, 1.165) is 6.42 Å². The average Bonchev–Trinajstić information content (AvgIpc) is 2.22. The summed E-state index contributed by atoms with van der Waals surface area (Å²) in [5, 5.41) is 0.401. The molecule has 0 saturated heterocycles. The first-order valence-corrected chi connectivity index (χ1v) is 5.63. The lowest BCUT2D eigenvalue weighted by Crippen LogP contribution is -2.20. The molecule has 1 unspecified atom stereocenters. The smallest absolute Gasteiger partial charge is 0.148 e. The molecule has 2 atom stereocenters. The van der Waals surface area contributed by atoms with Crippen molar-refractivity contribution in [1.82, 2.24) is 0 Å². The number of nitrogens with two attached hydrogens (primary N) is 1. The second-order valence-electron chi connectivity index (χ2n) is 3.67. The molecular weight excluding hydrogens is 271 g/mol. The van der Waals surface area contributed by atoms with Crippen molar-refractivity contribution >= 4 is 35.6 Å². The van der Waals surface area contributed by atoms with Gasteiger partial charge in [-0.15, -0.1) is 12.4 Å². The van der Waals surface area contributed by atoms with E-state index >= 15 is 0 Å². The van der Waals surface area contributed by atoms with Gasteiger partial charge in [-0.2, -0.15) is 0 Å². The van der Waals surface area contributed by atoms with E-state index in [0.29, 0.717) is 10.6 Å². The molecule has 5 heteroatoms. The molecular formula is C11H15Cl3FN. The lowest BCUT2D eigenvalue weighted by molar-refractivity contribution is 0.439. The largest absolute Gasteiger partial charge is 0.324 e. The molecule has 1 nitrogen and oxygen atoms in total. The minimum atomic E-state index is -0.503. The summed E-state index contributed by atoms with van der Waals surface area (Å²) in [7, 11) is 0. The highest BCUT2D eigenvalue weighted by Crippen LogP contribution is 2.33. The van der Waals surface area contributed by atoms with Crippen LogP contribution in [0.15, 0.2) is 12.1 Å². The maximum absolute atomic E-state index is 13.7. The fourth-order valence-corrected chi connectivity index (χ4v) is 1.82. The molecule has 0 aliphatic heterocycles. The van der Waals surface area contributed by atoms with Gasteiger partial charge in [-0.1, -0.05) is 43.5 Å². The van der Waals surface area contributed by atoms with E-state index in [1.807, 2.05) is 13.8 Å². The van der Waals surface area contributed by atoms with Crippen molar-refractivity contribution in [2.45, 2.75) is 26.3 Å². The summed E-state index contributed by atoms with van der Waals surface area (Å²) in [4.78, 5) is 0. The van der Waals surface area contributed by atoms with Crippen molar-refractivity contribution in [3.05, 3.63) is 33.6 Å². The molecule has 0 aliphatic rings. The molecule has 0 bridgehead atoms. The van der Waals surface area contributed by atoms with Gasteiger partial charge in [-0.25, -0.2) is 4.39 Å². The van der Waals surface area contributed by atoms with Crippen LogP contribution in [-0.4, -0.2) is 0 Å². The van der Waals surface area contributed by atoms with Crippen LogP contribution in [0.3, 0.4) is 0 Å². The summed E-state index contributed by atoms with van der Waals surface area (Å²) in [6, 6.07) is 2.59. The van der Waals surface area contributed by atoms with E-state index in [1.54, 1.807) is 6.07 Å². The molecule has 0 spiro atoms. The van der Waals surface area contributed by atoms with E-state index < -0.39 is 11.9 Å². The number of halogens is 4. The highest BCUT2D eigenvalue weighted by Gasteiger charge is 2.21. The monoisotopic (exact) mass is 285 g/mol. The van der Waals surface area contributed by atoms with Crippen molar-refractivity contribution in [3.8, 4) is 0 Å². The van der Waals surface area contributed by atoms with Crippen molar-refractivity contribution < 1.29 is 4.39 Å². The minimum Gasteiger partial charge on any atom is -0.324 e. The molecule has 2 N–H and O–H groups in total. The Morgan fingerprint density at radius 3 is 2.31 bits per heavy atom. The lowest BCUT2D eigenvalue weighted by Gasteiger charge is -2.20. The number of rotatable bonds is 3. The van der Waals surface area contributed by atoms with Gasteiger partial charge in [0.1, 0.15) is 5.82 Å². The zero-order valence-corrected chi connectivity index (χ0v) is 11.5. The van der Waals surface area contributed by atoms with E-state index in [9.17, 15) is 4.39 Å². The van der Waals surface area contributed by atoms with E-state index in [4.69, 9.17) is 28.9 Å². The number of hydrogen-bond acceptors (Lipinski definition) is 1. The van der Waals surface area contributed by atoms with Crippen LogP contribution >= 0.6 is 35.6 Å². The third-order valence-electron chi connectivity index (χ3n) is 2.67. The molecule has 0 amide bonds. The topological polar surface area (TPSA) is 26.0 Å². The van der Waals surface area contributed by atoms with Gasteiger partial charge in [0.2, 0.25) is 0 Å². The predicted molar refractivity (Wildman–Crippen MR) is 70.1 cm³/mol. The molecule has 0 radical (unpaired) electrons. The molecule has 0 aromatic heterocycles. The third-order valence-corrected chi connectivity index (χ3v) is 3.29. The van der Waals surface area contributed by atoms with Crippen LogP contribution < -0.4 is 5.73 Å². The van der Waals surface area contributed by atoms with Crippen LogP contribution in [0, 0.1) is 11.7 Å².